The van der Waals surface area contributed by atoms with Crippen molar-refractivity contribution in [3.8, 4) is 0 Å². The molecule has 1 rings (SSSR count). The van der Waals surface area contributed by atoms with Crippen LogP contribution in [-0.2, 0) is 4.79 Å². The van der Waals surface area contributed by atoms with Crippen molar-refractivity contribution in [2.75, 3.05) is 6.61 Å². The van der Waals surface area contributed by atoms with Crippen molar-refractivity contribution in [3.05, 3.63) is 0 Å². The average molecular weight is 228 g/mol. The maximum Gasteiger partial charge on any atom is 0.237 e. The van der Waals surface area contributed by atoms with Gasteiger partial charge in [-0.05, 0) is 25.2 Å². The van der Waals surface area contributed by atoms with Crippen molar-refractivity contribution in [1.29, 1.82) is 0 Å². The molecule has 0 bridgehead atoms. The van der Waals surface area contributed by atoms with E-state index in [0.717, 1.165) is 19.3 Å². The van der Waals surface area contributed by atoms with Gasteiger partial charge in [-0.15, -0.1) is 0 Å². The molecule has 3 atom stereocenters. The molecule has 2 unspecified atom stereocenters. The minimum atomic E-state index is -0.458. The minimum absolute atomic E-state index is 0.0134. The molecule has 0 saturated heterocycles. The van der Waals surface area contributed by atoms with Gasteiger partial charge in [0.25, 0.3) is 0 Å². The van der Waals surface area contributed by atoms with E-state index in [0.29, 0.717) is 12.3 Å². The van der Waals surface area contributed by atoms with E-state index in [1.54, 1.807) is 0 Å². The highest BCUT2D eigenvalue weighted by atomic mass is 16.3. The monoisotopic (exact) mass is 228 g/mol. The van der Waals surface area contributed by atoms with E-state index in [-0.39, 0.29) is 12.5 Å². The van der Waals surface area contributed by atoms with Gasteiger partial charge in [0.15, 0.2) is 0 Å². The predicted molar refractivity (Wildman–Crippen MR) is 63.9 cm³/mol. The summed E-state index contributed by atoms with van der Waals surface area (Å²) < 4.78 is 0. The van der Waals surface area contributed by atoms with E-state index in [9.17, 15) is 9.90 Å². The lowest BCUT2D eigenvalue weighted by molar-refractivity contribution is -0.125. The third-order valence-corrected chi connectivity index (χ3v) is 3.56. The van der Waals surface area contributed by atoms with Crippen LogP contribution in [-0.4, -0.2) is 29.2 Å². The molecule has 4 nitrogen and oxygen atoms in total. The van der Waals surface area contributed by atoms with Crippen molar-refractivity contribution < 1.29 is 9.90 Å². The van der Waals surface area contributed by atoms with Crippen LogP contribution in [0.25, 0.3) is 0 Å². The third kappa shape index (κ3) is 3.19. The topological polar surface area (TPSA) is 75.4 Å². The van der Waals surface area contributed by atoms with Crippen molar-refractivity contribution in [2.45, 2.75) is 57.5 Å². The van der Waals surface area contributed by atoms with E-state index in [2.05, 4.69) is 12.2 Å². The number of nitrogens with two attached hydrogens (primary N) is 1. The Hall–Kier alpha value is -0.610. The summed E-state index contributed by atoms with van der Waals surface area (Å²) in [6.45, 7) is 4.06. The first kappa shape index (κ1) is 13.5. The van der Waals surface area contributed by atoms with E-state index >= 15 is 0 Å². The zero-order valence-corrected chi connectivity index (χ0v) is 10.3. The first-order valence-electron chi connectivity index (χ1n) is 6.21. The lowest BCUT2D eigenvalue weighted by atomic mass is 9.76. The third-order valence-electron chi connectivity index (χ3n) is 3.56. The quantitative estimate of drug-likeness (QED) is 0.665. The fourth-order valence-electron chi connectivity index (χ4n) is 2.50. The standard InChI is InChI=1S/C12H24N2O2/c1-3-10(13)11(16)14-12(8-15)6-4-5-9(2)7-12/h9-10,15H,3-8,13H2,1-2H3,(H,14,16)/t9?,10-,12?/m1/s1. The number of aliphatic hydroxyl groups is 1. The van der Waals surface area contributed by atoms with Crippen molar-refractivity contribution in [1.82, 2.24) is 5.32 Å². The smallest absolute Gasteiger partial charge is 0.237 e. The molecule has 1 amide bonds. The molecular formula is C12H24N2O2. The number of carbonyl (C=O) groups excluding carboxylic acids is 1. The molecule has 1 aliphatic rings. The van der Waals surface area contributed by atoms with Crippen molar-refractivity contribution in [2.24, 2.45) is 11.7 Å². The number of amides is 1. The zero-order valence-electron chi connectivity index (χ0n) is 10.3. The van der Waals surface area contributed by atoms with Crippen LogP contribution in [0.2, 0.25) is 0 Å². The van der Waals surface area contributed by atoms with Crippen molar-refractivity contribution in [3.63, 3.8) is 0 Å². The van der Waals surface area contributed by atoms with Crippen LogP contribution in [0.15, 0.2) is 0 Å². The van der Waals surface area contributed by atoms with E-state index < -0.39 is 11.6 Å². The molecule has 0 aromatic rings. The van der Waals surface area contributed by atoms with Crippen molar-refractivity contribution >= 4 is 5.91 Å². The van der Waals surface area contributed by atoms with Crippen LogP contribution in [0.3, 0.4) is 0 Å². The molecule has 4 N–H and O–H groups in total. The average Bonchev–Trinajstić information content (AvgIpc) is 2.27. The minimum Gasteiger partial charge on any atom is -0.394 e. The molecule has 0 aromatic heterocycles. The zero-order chi connectivity index (χ0) is 12.2. The van der Waals surface area contributed by atoms with E-state index in [1.165, 1.54) is 6.42 Å². The second-order valence-corrected chi connectivity index (χ2v) is 5.14. The number of nitrogens with one attached hydrogen (secondary N) is 1. The molecule has 0 spiro atoms. The molecule has 4 heteroatoms. The van der Waals surface area contributed by atoms with Crippen LogP contribution >= 0.6 is 0 Å². The maximum atomic E-state index is 11.8. The van der Waals surface area contributed by atoms with Gasteiger partial charge in [-0.25, -0.2) is 0 Å². The summed E-state index contributed by atoms with van der Waals surface area (Å²) >= 11 is 0. The van der Waals surface area contributed by atoms with Gasteiger partial charge in [0.1, 0.15) is 0 Å². The maximum absolute atomic E-state index is 11.8. The molecule has 1 fully saturated rings. The molecule has 0 aromatic carbocycles. The molecular weight excluding hydrogens is 204 g/mol. The van der Waals surface area contributed by atoms with E-state index in [1.807, 2.05) is 6.92 Å². The van der Waals surface area contributed by atoms with Crippen LogP contribution in [0.1, 0.15) is 46.0 Å². The van der Waals surface area contributed by atoms with E-state index in [4.69, 9.17) is 5.73 Å². The lowest BCUT2D eigenvalue weighted by Gasteiger charge is -2.39. The Kier molecular flexibility index (Phi) is 4.74. The Morgan fingerprint density at radius 2 is 2.38 bits per heavy atom. The molecule has 1 aliphatic carbocycles. The molecule has 0 radical (unpaired) electrons. The Morgan fingerprint density at radius 3 is 2.88 bits per heavy atom. The Morgan fingerprint density at radius 1 is 1.69 bits per heavy atom. The fraction of sp³-hybridized carbons (Fsp3) is 0.917. The predicted octanol–water partition coefficient (Wildman–Crippen LogP) is 0.781. The Labute approximate surface area is 97.6 Å². The summed E-state index contributed by atoms with van der Waals surface area (Å²) in [5.41, 5.74) is 5.26. The lowest BCUT2D eigenvalue weighted by Crippen LogP contribution is -2.57. The Balaban J connectivity index is 2.62. The second kappa shape index (κ2) is 5.64. The number of aliphatic hydroxyl groups excluding tert-OH is 1. The van der Waals surface area contributed by atoms with Crippen LogP contribution < -0.4 is 11.1 Å². The second-order valence-electron chi connectivity index (χ2n) is 5.14. The fourth-order valence-corrected chi connectivity index (χ4v) is 2.50. The Bertz CT molecular complexity index is 245. The summed E-state index contributed by atoms with van der Waals surface area (Å²) in [6, 6.07) is -0.458. The van der Waals surface area contributed by atoms with Crippen LogP contribution in [0.4, 0.5) is 0 Å². The van der Waals surface area contributed by atoms with Gasteiger partial charge < -0.3 is 16.2 Å². The highest BCUT2D eigenvalue weighted by Gasteiger charge is 2.36. The van der Waals surface area contributed by atoms with Gasteiger partial charge in [-0.1, -0.05) is 26.7 Å². The summed E-state index contributed by atoms with van der Waals surface area (Å²) in [6.07, 6.45) is 4.57. The molecule has 0 heterocycles. The molecule has 16 heavy (non-hydrogen) atoms. The number of rotatable bonds is 4. The van der Waals surface area contributed by atoms with Gasteiger partial charge in [-0.3, -0.25) is 4.79 Å². The molecule has 94 valence electrons. The first-order chi connectivity index (χ1) is 7.53. The van der Waals surface area contributed by atoms with Crippen LogP contribution in [0.5, 0.6) is 0 Å². The number of carbonyl (C=O) groups is 1. The highest BCUT2D eigenvalue weighted by Crippen LogP contribution is 2.31. The summed E-state index contributed by atoms with van der Waals surface area (Å²) in [4.78, 5) is 11.8. The molecule has 0 aliphatic heterocycles. The van der Waals surface area contributed by atoms with Gasteiger partial charge in [0.2, 0.25) is 5.91 Å². The summed E-state index contributed by atoms with van der Waals surface area (Å²) in [7, 11) is 0. The van der Waals surface area contributed by atoms with Gasteiger partial charge in [0, 0.05) is 0 Å². The first-order valence-corrected chi connectivity index (χ1v) is 6.21. The summed E-state index contributed by atoms with van der Waals surface area (Å²) in [5.74, 6) is 0.421. The normalized spacial score (nSPS) is 32.1. The SMILES string of the molecule is CC[C@@H](N)C(=O)NC1(CO)CCCC(C)C1. The van der Waals surface area contributed by atoms with Gasteiger partial charge >= 0.3 is 0 Å². The largest absolute Gasteiger partial charge is 0.394 e. The van der Waals surface area contributed by atoms with Gasteiger partial charge in [0.05, 0.1) is 18.2 Å². The van der Waals surface area contributed by atoms with Crippen LogP contribution in [0, 0.1) is 5.92 Å². The summed E-state index contributed by atoms with van der Waals surface area (Å²) in [5, 5.41) is 12.5. The highest BCUT2D eigenvalue weighted by molar-refractivity contribution is 5.82. The number of hydrogen-bond donors (Lipinski definition) is 3. The number of hydrogen-bond acceptors (Lipinski definition) is 3. The molecule has 1 saturated carbocycles. The van der Waals surface area contributed by atoms with Gasteiger partial charge in [-0.2, -0.15) is 0 Å².